The number of nitrogens with one attached hydrogen (secondary N) is 2. The van der Waals surface area contributed by atoms with E-state index in [4.69, 9.17) is 46.4 Å². The number of pyridine rings is 1. The molecule has 0 saturated heterocycles. The molecule has 0 bridgehead atoms. The van der Waals surface area contributed by atoms with Gasteiger partial charge in [0.05, 0.1) is 15.7 Å². The molecular formula is C11H6Cl4N2O3S. The molecule has 21 heavy (non-hydrogen) atoms. The largest absolute Gasteiger partial charge is 0.326 e. The zero-order valence-corrected chi connectivity index (χ0v) is 13.8. The highest BCUT2D eigenvalue weighted by Crippen LogP contribution is 2.35. The normalized spacial score (nSPS) is 11.4. The summed E-state index contributed by atoms with van der Waals surface area (Å²) in [4.78, 5) is 13.1. The maximum atomic E-state index is 12.2. The molecule has 10 heteroatoms. The van der Waals surface area contributed by atoms with Crippen LogP contribution in [0.4, 0.5) is 5.69 Å². The quantitative estimate of drug-likeness (QED) is 0.840. The van der Waals surface area contributed by atoms with E-state index in [1.54, 1.807) is 0 Å². The molecule has 2 rings (SSSR count). The van der Waals surface area contributed by atoms with E-state index in [-0.39, 0.29) is 30.7 Å². The first-order chi connectivity index (χ1) is 9.70. The van der Waals surface area contributed by atoms with Crippen LogP contribution in [0.3, 0.4) is 0 Å². The van der Waals surface area contributed by atoms with Gasteiger partial charge in [0.25, 0.3) is 15.6 Å². The Morgan fingerprint density at radius 2 is 1.52 bits per heavy atom. The number of aromatic nitrogens is 1. The second-order valence-electron chi connectivity index (χ2n) is 3.86. The van der Waals surface area contributed by atoms with Crippen molar-refractivity contribution in [1.82, 2.24) is 4.98 Å². The Kier molecular flexibility index (Phi) is 4.75. The zero-order chi connectivity index (χ0) is 15.8. The van der Waals surface area contributed by atoms with Crippen molar-refractivity contribution in [2.45, 2.75) is 4.90 Å². The summed E-state index contributed by atoms with van der Waals surface area (Å²) in [5.41, 5.74) is -0.622. The number of rotatable bonds is 3. The molecule has 0 aliphatic heterocycles. The molecule has 112 valence electrons. The zero-order valence-electron chi connectivity index (χ0n) is 9.95. The van der Waals surface area contributed by atoms with Gasteiger partial charge in [-0.25, -0.2) is 8.42 Å². The summed E-state index contributed by atoms with van der Waals surface area (Å²) in [5, 5.41) is 0.0735. The van der Waals surface area contributed by atoms with Crippen molar-refractivity contribution in [1.29, 1.82) is 0 Å². The van der Waals surface area contributed by atoms with Crippen molar-refractivity contribution < 1.29 is 8.42 Å². The van der Waals surface area contributed by atoms with Gasteiger partial charge >= 0.3 is 0 Å². The molecule has 5 nitrogen and oxygen atoms in total. The van der Waals surface area contributed by atoms with Crippen molar-refractivity contribution in [3.8, 4) is 0 Å². The van der Waals surface area contributed by atoms with Gasteiger partial charge in [0, 0.05) is 11.2 Å². The Hall–Kier alpha value is -0.920. The lowest BCUT2D eigenvalue weighted by molar-refractivity contribution is 0.600. The summed E-state index contributed by atoms with van der Waals surface area (Å²) in [7, 11) is -4.03. The topological polar surface area (TPSA) is 79.0 Å². The van der Waals surface area contributed by atoms with Crippen molar-refractivity contribution in [2.24, 2.45) is 0 Å². The Labute approximate surface area is 139 Å². The minimum atomic E-state index is -4.03. The second kappa shape index (κ2) is 6.06. The van der Waals surface area contributed by atoms with Gasteiger partial charge in [0.2, 0.25) is 0 Å². The average Bonchev–Trinajstić information content (AvgIpc) is 2.37. The fourth-order valence-corrected chi connectivity index (χ4v) is 3.78. The predicted octanol–water partition coefficient (Wildman–Crippen LogP) is 3.79. The third-order valence-corrected chi connectivity index (χ3v) is 4.81. The van der Waals surface area contributed by atoms with Crippen molar-refractivity contribution in [3.63, 3.8) is 0 Å². The van der Waals surface area contributed by atoms with E-state index in [1.165, 1.54) is 12.1 Å². The lowest BCUT2D eigenvalue weighted by Crippen LogP contribution is -2.16. The van der Waals surface area contributed by atoms with E-state index in [0.717, 1.165) is 12.3 Å². The average molecular weight is 388 g/mol. The number of H-pyrrole nitrogens is 1. The van der Waals surface area contributed by atoms with Crippen LogP contribution in [0.5, 0.6) is 0 Å². The molecular weight excluding hydrogens is 382 g/mol. The van der Waals surface area contributed by atoms with Gasteiger partial charge < -0.3 is 4.98 Å². The predicted molar refractivity (Wildman–Crippen MR) is 84.4 cm³/mol. The first-order valence-corrected chi connectivity index (χ1v) is 8.26. The molecule has 1 heterocycles. The van der Waals surface area contributed by atoms with E-state index >= 15 is 0 Å². The molecule has 2 N–H and O–H groups in total. The highest BCUT2D eigenvalue weighted by atomic mass is 35.5. The smallest absolute Gasteiger partial charge is 0.266 e. The molecule has 0 aliphatic rings. The maximum absolute atomic E-state index is 12.2. The van der Waals surface area contributed by atoms with Gasteiger partial charge in [-0.1, -0.05) is 46.4 Å². The third-order valence-electron chi connectivity index (χ3n) is 2.39. The van der Waals surface area contributed by atoms with E-state index in [0.29, 0.717) is 0 Å². The molecule has 0 fully saturated rings. The van der Waals surface area contributed by atoms with Crippen LogP contribution in [0.1, 0.15) is 0 Å². The van der Waals surface area contributed by atoms with Crippen LogP contribution < -0.4 is 10.3 Å². The first kappa shape index (κ1) is 16.5. The molecule has 1 aromatic carbocycles. The summed E-state index contributed by atoms with van der Waals surface area (Å²) in [5.74, 6) is 0. The van der Waals surface area contributed by atoms with Crippen LogP contribution in [0, 0.1) is 0 Å². The Balaban J connectivity index is 2.47. The van der Waals surface area contributed by atoms with Gasteiger partial charge in [-0.2, -0.15) is 0 Å². The molecule has 2 aromatic rings. The maximum Gasteiger partial charge on any atom is 0.266 e. The van der Waals surface area contributed by atoms with Crippen LogP contribution in [0.2, 0.25) is 20.1 Å². The summed E-state index contributed by atoms with van der Waals surface area (Å²) in [6, 6.07) is 3.69. The molecule has 0 unspecified atom stereocenters. The monoisotopic (exact) mass is 386 g/mol. The van der Waals surface area contributed by atoms with Crippen LogP contribution in [0.25, 0.3) is 0 Å². The van der Waals surface area contributed by atoms with Gasteiger partial charge in [-0.15, -0.1) is 0 Å². The summed E-state index contributed by atoms with van der Waals surface area (Å²) >= 11 is 23.2. The van der Waals surface area contributed by atoms with E-state index in [9.17, 15) is 13.2 Å². The molecule has 0 spiro atoms. The van der Waals surface area contributed by atoms with Gasteiger partial charge in [-0.3, -0.25) is 9.52 Å². The number of halogens is 4. The van der Waals surface area contributed by atoms with Crippen LogP contribution in [-0.4, -0.2) is 13.4 Å². The minimum Gasteiger partial charge on any atom is -0.326 e. The molecule has 0 saturated carbocycles. The highest BCUT2D eigenvalue weighted by molar-refractivity contribution is 7.92. The molecule has 1 aromatic heterocycles. The lowest BCUT2D eigenvalue weighted by atomic mass is 10.3. The van der Waals surface area contributed by atoms with Crippen LogP contribution in [0.15, 0.2) is 34.1 Å². The molecule has 0 amide bonds. The summed E-state index contributed by atoms with van der Waals surface area (Å²) in [6.45, 7) is 0. The molecule has 0 aliphatic carbocycles. The van der Waals surface area contributed by atoms with Crippen molar-refractivity contribution in [2.75, 3.05) is 4.72 Å². The Morgan fingerprint density at radius 3 is 2.05 bits per heavy atom. The fourth-order valence-electron chi connectivity index (χ4n) is 1.43. The Morgan fingerprint density at radius 1 is 0.952 bits per heavy atom. The van der Waals surface area contributed by atoms with Gasteiger partial charge in [0.1, 0.15) is 9.92 Å². The molecule has 0 radical (unpaired) electrons. The lowest BCUT2D eigenvalue weighted by Gasteiger charge is -2.11. The van der Waals surface area contributed by atoms with Crippen molar-refractivity contribution in [3.05, 3.63) is 54.8 Å². The van der Waals surface area contributed by atoms with E-state index in [1.807, 2.05) is 0 Å². The standard InChI is InChI=1S/C11H6Cl4N2O3S/c12-5-1-7(13)10(8(14)2-5)17-21(19,20)6-3-9(15)11(18)16-4-6/h1-4,17H,(H,16,18). The third kappa shape index (κ3) is 3.64. The number of aromatic amines is 1. The van der Waals surface area contributed by atoms with Gasteiger partial charge in [-0.05, 0) is 18.2 Å². The minimum absolute atomic E-state index is 0.0231. The van der Waals surface area contributed by atoms with Crippen LogP contribution >= 0.6 is 46.4 Å². The SMILES string of the molecule is O=c1[nH]cc(S(=O)(=O)Nc2c(Cl)cc(Cl)cc2Cl)cc1Cl. The summed E-state index contributed by atoms with van der Waals surface area (Å²) in [6.07, 6.45) is 1.01. The van der Waals surface area contributed by atoms with Crippen LogP contribution in [-0.2, 0) is 10.0 Å². The number of benzene rings is 1. The fraction of sp³-hybridized carbons (Fsp3) is 0. The summed E-state index contributed by atoms with van der Waals surface area (Å²) < 4.78 is 26.6. The van der Waals surface area contributed by atoms with Gasteiger partial charge in [0.15, 0.2) is 0 Å². The Bertz CT molecular complexity index is 841. The highest BCUT2D eigenvalue weighted by Gasteiger charge is 2.19. The number of sulfonamides is 1. The number of hydrogen-bond donors (Lipinski definition) is 2. The van der Waals surface area contributed by atoms with E-state index < -0.39 is 15.6 Å². The molecule has 0 atom stereocenters. The number of anilines is 1. The van der Waals surface area contributed by atoms with E-state index in [2.05, 4.69) is 9.71 Å². The second-order valence-corrected chi connectivity index (χ2v) is 7.20. The first-order valence-electron chi connectivity index (χ1n) is 5.26. The number of hydrogen-bond acceptors (Lipinski definition) is 3. The van der Waals surface area contributed by atoms with Crippen molar-refractivity contribution >= 4 is 62.1 Å².